The Morgan fingerprint density at radius 2 is 2.03 bits per heavy atom. The van der Waals surface area contributed by atoms with E-state index in [1.807, 2.05) is 0 Å². The van der Waals surface area contributed by atoms with Gasteiger partial charge in [0.05, 0.1) is 28.5 Å². The third-order valence-electron chi connectivity index (χ3n) is 6.01. The van der Waals surface area contributed by atoms with Gasteiger partial charge >= 0.3 is 12.3 Å². The Bertz CT molecular complexity index is 1440. The summed E-state index contributed by atoms with van der Waals surface area (Å²) in [5.74, 6) is 0.0732. The third-order valence-corrected chi connectivity index (χ3v) is 6.01. The summed E-state index contributed by atoms with van der Waals surface area (Å²) in [4.78, 5) is 43.7. The molecule has 2 atom stereocenters. The summed E-state index contributed by atoms with van der Waals surface area (Å²) in [6.07, 6.45) is -4.89. The van der Waals surface area contributed by atoms with E-state index < -0.39 is 46.1 Å². The second kappa shape index (κ2) is 9.55. The van der Waals surface area contributed by atoms with Crippen LogP contribution in [0.25, 0.3) is 11.0 Å². The highest BCUT2D eigenvalue weighted by atomic mass is 19.4. The summed E-state index contributed by atoms with van der Waals surface area (Å²) in [5.41, 5.74) is -2.20. The van der Waals surface area contributed by atoms with Crippen molar-refractivity contribution in [2.75, 3.05) is 18.4 Å². The topological polar surface area (TPSA) is 153 Å². The molecule has 0 aliphatic carbocycles. The van der Waals surface area contributed by atoms with Gasteiger partial charge in [0, 0.05) is 38.2 Å². The van der Waals surface area contributed by atoms with Gasteiger partial charge in [0.1, 0.15) is 23.9 Å². The highest BCUT2D eigenvalue weighted by Crippen LogP contribution is 2.35. The minimum absolute atomic E-state index is 0.00528. The molecule has 12 nitrogen and oxygen atoms in total. The van der Waals surface area contributed by atoms with Crippen molar-refractivity contribution in [2.45, 2.75) is 31.7 Å². The molecule has 4 rings (SSSR count). The van der Waals surface area contributed by atoms with Gasteiger partial charge in [-0.15, -0.1) is 0 Å². The van der Waals surface area contributed by atoms with E-state index in [1.54, 1.807) is 0 Å². The zero-order chi connectivity index (χ0) is 27.1. The van der Waals surface area contributed by atoms with Crippen LogP contribution in [0.5, 0.6) is 5.75 Å². The lowest BCUT2D eigenvalue weighted by molar-refractivity contribution is -0.385. The number of non-ortho nitro benzene ring substituents is 1. The van der Waals surface area contributed by atoms with E-state index in [2.05, 4.69) is 15.3 Å². The smallest absolute Gasteiger partial charge is 0.416 e. The maximum absolute atomic E-state index is 13.3. The third kappa shape index (κ3) is 5.24. The molecule has 0 bridgehead atoms. The van der Waals surface area contributed by atoms with E-state index in [-0.39, 0.29) is 35.9 Å². The van der Waals surface area contributed by atoms with Crippen LogP contribution in [0.2, 0.25) is 0 Å². The normalized spacial score (nSPS) is 16.6. The van der Waals surface area contributed by atoms with Gasteiger partial charge < -0.3 is 20.1 Å². The molecule has 1 aliphatic heterocycles. The number of carbonyl (C=O) groups is 1. The van der Waals surface area contributed by atoms with Crippen LogP contribution < -0.4 is 15.6 Å². The van der Waals surface area contributed by atoms with Crippen LogP contribution in [0.3, 0.4) is 0 Å². The first kappa shape index (κ1) is 25.7. The Balaban J connectivity index is 1.69. The molecular formula is C22H21F3N6O6. The number of rotatable bonds is 6. The molecule has 1 aromatic carbocycles. The summed E-state index contributed by atoms with van der Waals surface area (Å²) >= 11 is 0. The van der Waals surface area contributed by atoms with Gasteiger partial charge in [-0.2, -0.15) is 13.2 Å². The first-order valence-corrected chi connectivity index (χ1v) is 11.0. The second-order valence-electron chi connectivity index (χ2n) is 8.52. The van der Waals surface area contributed by atoms with Crippen molar-refractivity contribution in [1.82, 2.24) is 19.4 Å². The largest absolute Gasteiger partial charge is 0.483 e. The van der Waals surface area contributed by atoms with Gasteiger partial charge in [0.25, 0.3) is 11.2 Å². The van der Waals surface area contributed by atoms with Crippen molar-refractivity contribution in [3.63, 3.8) is 0 Å². The summed E-state index contributed by atoms with van der Waals surface area (Å²) in [5, 5.41) is 23.6. The van der Waals surface area contributed by atoms with Crippen LogP contribution in [0, 0.1) is 10.1 Å². The molecular weight excluding hydrogens is 501 g/mol. The van der Waals surface area contributed by atoms with Crippen LogP contribution in [0.1, 0.15) is 30.5 Å². The number of halogens is 3. The molecule has 196 valence electrons. The van der Waals surface area contributed by atoms with E-state index in [0.29, 0.717) is 17.9 Å². The Kier molecular flexibility index (Phi) is 6.62. The number of ether oxygens (including phenoxy) is 1. The molecule has 2 aromatic heterocycles. The number of aryl methyl sites for hydroxylation is 1. The summed E-state index contributed by atoms with van der Waals surface area (Å²) < 4.78 is 47.0. The van der Waals surface area contributed by atoms with Crippen LogP contribution in [-0.4, -0.2) is 54.8 Å². The number of likely N-dealkylation sites (tertiary alicyclic amines) is 1. The number of aromatic nitrogens is 3. The fourth-order valence-electron chi connectivity index (χ4n) is 4.06. The van der Waals surface area contributed by atoms with Crippen molar-refractivity contribution >= 4 is 28.6 Å². The van der Waals surface area contributed by atoms with E-state index >= 15 is 0 Å². The van der Waals surface area contributed by atoms with Gasteiger partial charge in [-0.3, -0.25) is 19.5 Å². The average molecular weight is 522 g/mol. The lowest BCUT2D eigenvalue weighted by Crippen LogP contribution is -2.31. The average Bonchev–Trinajstić information content (AvgIpc) is 3.31. The van der Waals surface area contributed by atoms with Crippen LogP contribution >= 0.6 is 0 Å². The van der Waals surface area contributed by atoms with Crippen LogP contribution in [-0.2, 0) is 13.2 Å². The summed E-state index contributed by atoms with van der Waals surface area (Å²) in [6.45, 7) is 1.84. The maximum Gasteiger partial charge on any atom is 0.416 e. The molecule has 1 amide bonds. The Morgan fingerprint density at radius 3 is 2.65 bits per heavy atom. The number of nitrogens with one attached hydrogen (secondary N) is 1. The number of nitro benzene ring substituents is 1. The molecule has 0 unspecified atom stereocenters. The number of hydrogen-bond acceptors (Lipinski definition) is 8. The van der Waals surface area contributed by atoms with Crippen molar-refractivity contribution in [2.24, 2.45) is 7.05 Å². The molecule has 3 heterocycles. The van der Waals surface area contributed by atoms with Gasteiger partial charge in [-0.05, 0) is 18.6 Å². The van der Waals surface area contributed by atoms with Crippen LogP contribution in [0.4, 0.5) is 29.5 Å². The fourth-order valence-corrected chi connectivity index (χ4v) is 4.06. The molecule has 1 saturated heterocycles. The first-order chi connectivity index (χ1) is 17.3. The highest BCUT2D eigenvalue weighted by molar-refractivity contribution is 5.87. The molecule has 1 aliphatic rings. The minimum Gasteiger partial charge on any atom is -0.483 e. The zero-order valence-electron chi connectivity index (χ0n) is 19.5. The predicted octanol–water partition coefficient (Wildman–Crippen LogP) is 3.56. The Morgan fingerprint density at radius 1 is 1.30 bits per heavy atom. The van der Waals surface area contributed by atoms with Crippen molar-refractivity contribution in [3.05, 3.63) is 62.2 Å². The lowest BCUT2D eigenvalue weighted by atomic mass is 10.0. The second-order valence-corrected chi connectivity index (χ2v) is 8.52. The van der Waals surface area contributed by atoms with E-state index in [4.69, 9.17) is 9.84 Å². The number of alkyl halides is 3. The summed E-state index contributed by atoms with van der Waals surface area (Å²) in [6, 6.07) is 2.83. The number of nitro groups is 1. The van der Waals surface area contributed by atoms with E-state index in [0.717, 1.165) is 18.5 Å². The van der Waals surface area contributed by atoms with Gasteiger partial charge in [0.2, 0.25) is 0 Å². The predicted molar refractivity (Wildman–Crippen MR) is 124 cm³/mol. The number of hydrogen-bond donors (Lipinski definition) is 2. The monoisotopic (exact) mass is 522 g/mol. The van der Waals surface area contributed by atoms with Gasteiger partial charge in [0.15, 0.2) is 5.75 Å². The zero-order valence-corrected chi connectivity index (χ0v) is 19.5. The molecule has 37 heavy (non-hydrogen) atoms. The molecule has 0 saturated carbocycles. The lowest BCUT2D eigenvalue weighted by Gasteiger charge is -2.19. The summed E-state index contributed by atoms with van der Waals surface area (Å²) in [7, 11) is 1.45. The number of amides is 1. The number of pyridine rings is 1. The van der Waals surface area contributed by atoms with Gasteiger partial charge in [-0.1, -0.05) is 0 Å². The Hall–Kier alpha value is -4.43. The maximum atomic E-state index is 13.3. The first-order valence-electron chi connectivity index (χ1n) is 11.0. The number of benzene rings is 1. The SMILES string of the molecule is C[C@@H](Nc1ncnc2c1cc(O[C@H]1CCN(C(=O)O)C1)c(=O)n2C)c1cc([N+](=O)[O-])cc(C(F)(F)F)c1. The number of anilines is 1. The molecule has 15 heteroatoms. The number of nitrogens with zero attached hydrogens (tertiary/aromatic N) is 5. The van der Waals surface area contributed by atoms with Crippen LogP contribution in [0.15, 0.2) is 35.4 Å². The van der Waals surface area contributed by atoms with Gasteiger partial charge in [-0.25, -0.2) is 14.8 Å². The molecule has 3 aromatic rings. The number of carboxylic acid groups (broad SMARTS) is 1. The quantitative estimate of drug-likeness (QED) is 0.365. The number of fused-ring (bicyclic) bond motifs is 1. The molecule has 2 N–H and O–H groups in total. The van der Waals surface area contributed by atoms with E-state index in [1.165, 1.54) is 29.5 Å². The molecule has 1 fully saturated rings. The fraction of sp³-hybridized carbons (Fsp3) is 0.364. The van der Waals surface area contributed by atoms with Crippen molar-refractivity contribution in [3.8, 4) is 5.75 Å². The standard InChI is InChI=1S/C22H21F3N6O6/c1-11(12-5-13(22(23,24)25)7-14(6-12)31(35)36)28-18-16-8-17(20(32)29(2)19(16)27-10-26-18)37-15-3-4-30(9-15)21(33)34/h5-8,10-11,15H,3-4,9H2,1-2H3,(H,33,34)(H,26,27,28)/t11-,15+/m1/s1. The highest BCUT2D eigenvalue weighted by Gasteiger charge is 2.33. The van der Waals surface area contributed by atoms with Crippen molar-refractivity contribution < 1.29 is 32.7 Å². The molecule has 0 radical (unpaired) electrons. The van der Waals surface area contributed by atoms with E-state index in [9.17, 15) is 32.9 Å². The molecule has 0 spiro atoms. The Labute approximate surface area is 206 Å². The van der Waals surface area contributed by atoms with Crippen molar-refractivity contribution in [1.29, 1.82) is 0 Å². The minimum atomic E-state index is -4.79.